The van der Waals surface area contributed by atoms with Crippen LogP contribution in [-0.4, -0.2) is 18.9 Å². The second-order valence-corrected chi connectivity index (χ2v) is 5.23. The van der Waals surface area contributed by atoms with Crippen LogP contribution in [0.1, 0.15) is 5.56 Å². The number of aryl methyl sites for hydroxylation is 1. The Balaban J connectivity index is 2.15. The highest BCUT2D eigenvalue weighted by Gasteiger charge is 2.28. The lowest BCUT2D eigenvalue weighted by Crippen LogP contribution is -2.34. The number of hydrogen-bond donors (Lipinski definition) is 1. The Bertz CT molecular complexity index is 743. The zero-order chi connectivity index (χ0) is 15.0. The first-order valence-electron chi connectivity index (χ1n) is 6.44. The molecule has 21 heavy (non-hydrogen) atoms. The molecule has 0 aliphatic carbocycles. The van der Waals surface area contributed by atoms with E-state index in [1.54, 1.807) is 11.1 Å². The molecule has 3 rings (SSSR count). The van der Waals surface area contributed by atoms with Crippen molar-refractivity contribution < 1.29 is 4.74 Å². The van der Waals surface area contributed by atoms with Crippen molar-refractivity contribution in [2.24, 2.45) is 10.8 Å². The van der Waals surface area contributed by atoms with Gasteiger partial charge in [-0.3, -0.25) is 0 Å². The monoisotopic (exact) mass is 300 g/mol. The standard InChI is InChI=1S/C15H13ClN4O/c1-9-6-10(16)2-3-14(9)20-15(18)12(7-17)11-4-5-21-8-13(11)19-20/h2-4,6H,5,8,18H2,1H3. The zero-order valence-electron chi connectivity index (χ0n) is 11.4. The van der Waals surface area contributed by atoms with E-state index in [9.17, 15) is 5.26 Å². The molecule has 0 atom stereocenters. The smallest absolute Gasteiger partial charge is 0.144 e. The lowest BCUT2D eigenvalue weighted by atomic mass is 9.99. The highest BCUT2D eigenvalue weighted by Crippen LogP contribution is 2.31. The van der Waals surface area contributed by atoms with E-state index < -0.39 is 0 Å². The first kappa shape index (κ1) is 13.7. The van der Waals surface area contributed by atoms with Gasteiger partial charge in [0.05, 0.1) is 24.6 Å². The number of fused-ring (bicyclic) bond motifs is 1. The summed E-state index contributed by atoms with van der Waals surface area (Å²) in [6, 6.07) is 7.60. The van der Waals surface area contributed by atoms with E-state index in [-0.39, 0.29) is 0 Å². The minimum absolute atomic E-state index is 0.319. The van der Waals surface area contributed by atoms with Crippen LogP contribution in [0.3, 0.4) is 0 Å². The lowest BCUT2D eigenvalue weighted by Gasteiger charge is -2.30. The van der Waals surface area contributed by atoms with Gasteiger partial charge in [0.1, 0.15) is 17.5 Å². The Morgan fingerprint density at radius 1 is 1.48 bits per heavy atom. The minimum Gasteiger partial charge on any atom is -0.383 e. The summed E-state index contributed by atoms with van der Waals surface area (Å²) >= 11 is 5.98. The van der Waals surface area contributed by atoms with Crippen molar-refractivity contribution in [1.29, 1.82) is 5.26 Å². The van der Waals surface area contributed by atoms with Crippen LogP contribution < -0.4 is 10.7 Å². The number of halogens is 1. The fourth-order valence-corrected chi connectivity index (χ4v) is 2.63. The van der Waals surface area contributed by atoms with Crippen LogP contribution in [0.2, 0.25) is 5.02 Å². The van der Waals surface area contributed by atoms with Crippen molar-refractivity contribution in [1.82, 2.24) is 0 Å². The number of nitrogens with two attached hydrogens (primary N) is 1. The molecule has 0 amide bonds. The molecule has 2 aliphatic rings. The largest absolute Gasteiger partial charge is 0.383 e. The van der Waals surface area contributed by atoms with Crippen molar-refractivity contribution in [3.05, 3.63) is 51.8 Å². The Hall–Kier alpha value is -2.29. The molecule has 6 heteroatoms. The van der Waals surface area contributed by atoms with Crippen LogP contribution >= 0.6 is 11.6 Å². The van der Waals surface area contributed by atoms with Crippen LogP contribution in [0.4, 0.5) is 5.69 Å². The van der Waals surface area contributed by atoms with Crippen LogP contribution in [0.15, 0.2) is 46.3 Å². The van der Waals surface area contributed by atoms with Crippen molar-refractivity contribution >= 4 is 23.0 Å². The molecular weight excluding hydrogens is 288 g/mol. The van der Waals surface area contributed by atoms with Gasteiger partial charge in [-0.15, -0.1) is 0 Å². The van der Waals surface area contributed by atoms with E-state index >= 15 is 0 Å². The van der Waals surface area contributed by atoms with Gasteiger partial charge in [0.2, 0.25) is 0 Å². The molecular formula is C15H13ClN4O. The first-order valence-corrected chi connectivity index (χ1v) is 6.82. The van der Waals surface area contributed by atoms with Crippen molar-refractivity contribution in [3.63, 3.8) is 0 Å². The zero-order valence-corrected chi connectivity index (χ0v) is 12.2. The van der Waals surface area contributed by atoms with E-state index in [4.69, 9.17) is 22.1 Å². The van der Waals surface area contributed by atoms with E-state index in [1.807, 2.05) is 25.1 Å². The third-order valence-corrected chi connectivity index (χ3v) is 3.66. The quantitative estimate of drug-likeness (QED) is 0.864. The van der Waals surface area contributed by atoms with Gasteiger partial charge in [-0.2, -0.15) is 10.4 Å². The summed E-state index contributed by atoms with van der Waals surface area (Å²) in [7, 11) is 0. The van der Waals surface area contributed by atoms with Gasteiger partial charge < -0.3 is 10.5 Å². The molecule has 0 spiro atoms. The summed E-state index contributed by atoms with van der Waals surface area (Å²) in [5, 5.41) is 16.1. The summed E-state index contributed by atoms with van der Waals surface area (Å²) < 4.78 is 5.37. The number of ether oxygens (including phenoxy) is 1. The lowest BCUT2D eigenvalue weighted by molar-refractivity contribution is 0.199. The number of nitrogens with zero attached hydrogens (tertiary/aromatic N) is 3. The molecule has 0 bridgehead atoms. The number of hydrazone groups is 1. The average Bonchev–Trinajstić information content (AvgIpc) is 2.47. The molecule has 106 valence electrons. The normalized spacial score (nSPS) is 17.9. The van der Waals surface area contributed by atoms with Gasteiger partial charge in [-0.05, 0) is 36.8 Å². The van der Waals surface area contributed by atoms with Gasteiger partial charge in [-0.25, -0.2) is 5.01 Å². The van der Waals surface area contributed by atoms with Crippen LogP contribution in [0.5, 0.6) is 0 Å². The van der Waals surface area contributed by atoms with E-state index in [0.717, 1.165) is 16.8 Å². The fraction of sp³-hybridized carbons (Fsp3) is 0.200. The topological polar surface area (TPSA) is 74.6 Å². The highest BCUT2D eigenvalue weighted by atomic mass is 35.5. The highest BCUT2D eigenvalue weighted by molar-refractivity contribution is 6.30. The first-order chi connectivity index (χ1) is 10.1. The number of rotatable bonds is 1. The molecule has 2 heterocycles. The number of hydrogen-bond acceptors (Lipinski definition) is 5. The summed E-state index contributed by atoms with van der Waals surface area (Å²) in [6.45, 7) is 2.75. The number of benzene rings is 1. The molecule has 0 saturated carbocycles. The maximum atomic E-state index is 9.41. The van der Waals surface area contributed by atoms with Gasteiger partial charge in [-0.1, -0.05) is 11.6 Å². The summed E-state index contributed by atoms with van der Waals surface area (Å²) in [5.41, 5.74) is 9.77. The third kappa shape index (κ3) is 2.29. The molecule has 0 unspecified atom stereocenters. The molecule has 5 nitrogen and oxygen atoms in total. The average molecular weight is 301 g/mol. The molecule has 0 fully saturated rings. The van der Waals surface area contributed by atoms with Crippen molar-refractivity contribution in [2.45, 2.75) is 6.92 Å². The van der Waals surface area contributed by atoms with E-state index in [1.165, 1.54) is 0 Å². The van der Waals surface area contributed by atoms with Gasteiger partial charge >= 0.3 is 0 Å². The van der Waals surface area contributed by atoms with Crippen LogP contribution in [0.25, 0.3) is 0 Å². The van der Waals surface area contributed by atoms with Crippen molar-refractivity contribution in [2.75, 3.05) is 18.2 Å². The molecule has 2 aliphatic heterocycles. The Kier molecular flexibility index (Phi) is 3.42. The number of allylic oxidation sites excluding steroid dienone is 1. The third-order valence-electron chi connectivity index (χ3n) is 3.43. The van der Waals surface area contributed by atoms with Crippen LogP contribution in [-0.2, 0) is 4.74 Å². The van der Waals surface area contributed by atoms with Gasteiger partial charge in [0, 0.05) is 10.6 Å². The Morgan fingerprint density at radius 2 is 2.29 bits per heavy atom. The summed E-state index contributed by atoms with van der Waals surface area (Å²) in [6.07, 6.45) is 1.83. The SMILES string of the molecule is Cc1cc(Cl)ccc1N1N=C2COCC=C2C(C#N)=C1N. The fourth-order valence-electron chi connectivity index (χ4n) is 2.40. The van der Waals surface area contributed by atoms with Gasteiger partial charge in [0.25, 0.3) is 0 Å². The van der Waals surface area contributed by atoms with Crippen molar-refractivity contribution in [3.8, 4) is 6.07 Å². The minimum atomic E-state index is 0.319. The predicted octanol–water partition coefficient (Wildman–Crippen LogP) is 2.47. The van der Waals surface area contributed by atoms with E-state index in [0.29, 0.717) is 35.3 Å². The second kappa shape index (κ2) is 5.24. The Morgan fingerprint density at radius 3 is 3.00 bits per heavy atom. The number of nitriles is 1. The summed E-state index contributed by atoms with van der Waals surface area (Å²) in [5.74, 6) is 0.319. The van der Waals surface area contributed by atoms with E-state index in [2.05, 4.69) is 11.2 Å². The maximum Gasteiger partial charge on any atom is 0.144 e. The molecule has 0 radical (unpaired) electrons. The predicted molar refractivity (Wildman–Crippen MR) is 81.8 cm³/mol. The molecule has 0 aromatic heterocycles. The number of anilines is 1. The van der Waals surface area contributed by atoms with Crippen LogP contribution in [0, 0.1) is 18.3 Å². The van der Waals surface area contributed by atoms with Gasteiger partial charge in [0.15, 0.2) is 0 Å². The molecule has 0 saturated heterocycles. The molecule has 1 aromatic carbocycles. The molecule has 2 N–H and O–H groups in total. The molecule has 1 aromatic rings. The Labute approximate surface area is 127 Å². The maximum absolute atomic E-state index is 9.41. The summed E-state index contributed by atoms with van der Waals surface area (Å²) in [4.78, 5) is 0. The second-order valence-electron chi connectivity index (χ2n) is 4.79.